The summed E-state index contributed by atoms with van der Waals surface area (Å²) in [5, 5.41) is 2.62. The van der Waals surface area contributed by atoms with E-state index < -0.39 is 31.9 Å². The van der Waals surface area contributed by atoms with Crippen LogP contribution in [0.5, 0.6) is 0 Å². The Labute approximate surface area is 216 Å². The zero-order valence-corrected chi connectivity index (χ0v) is 21.7. The van der Waals surface area contributed by atoms with E-state index in [1.165, 1.54) is 4.90 Å². The number of aromatic nitrogens is 2. The third-order valence-electron chi connectivity index (χ3n) is 6.28. The first kappa shape index (κ1) is 26.6. The summed E-state index contributed by atoms with van der Waals surface area (Å²) in [6, 6.07) is 9.81. The Balaban J connectivity index is 1.43. The van der Waals surface area contributed by atoms with Gasteiger partial charge in [0.25, 0.3) is 0 Å². The summed E-state index contributed by atoms with van der Waals surface area (Å²) in [7, 11) is -0.507. The Morgan fingerprint density at radius 3 is 2.46 bits per heavy atom. The van der Waals surface area contributed by atoms with Gasteiger partial charge in [0.2, 0.25) is 0 Å². The molecular weight excluding hydrogens is 493 g/mol. The fourth-order valence-electron chi connectivity index (χ4n) is 3.98. The summed E-state index contributed by atoms with van der Waals surface area (Å²) in [5.41, 5.74) is 4.20. The SMILES string of the molecule is CCCCOC(=O)N1CCN(C(=O)[C@H](C#P=O)NC(=O)c2cc(C3CC3)nc(-c3ccccc3)n2)CC1. The molecule has 1 saturated heterocycles. The molecule has 2 aromatic rings. The van der Waals surface area contributed by atoms with Crippen molar-refractivity contribution < 1.29 is 23.7 Å². The van der Waals surface area contributed by atoms with Gasteiger partial charge in [0.05, 0.1) is 0 Å². The van der Waals surface area contributed by atoms with Gasteiger partial charge in [0.15, 0.2) is 0 Å². The van der Waals surface area contributed by atoms with Crippen molar-refractivity contribution in [1.29, 1.82) is 0 Å². The number of nitrogens with one attached hydrogen (secondary N) is 1. The number of hydrogen-bond donors (Lipinski definition) is 1. The molecule has 0 bridgehead atoms. The van der Waals surface area contributed by atoms with Crippen LogP contribution < -0.4 is 5.32 Å². The van der Waals surface area contributed by atoms with Gasteiger partial charge in [-0.15, -0.1) is 0 Å². The monoisotopic (exact) mass is 523 g/mol. The van der Waals surface area contributed by atoms with Crippen LogP contribution in [0.15, 0.2) is 36.4 Å². The Kier molecular flexibility index (Phi) is 9.09. The standard InChI is InChI=1S/C26H30N5O5P/c1-2-3-15-36-26(34)31-13-11-30(12-14-31)25(33)22(17-37-35)29-24(32)21-16-20(18-9-10-18)27-23(28-21)19-7-5-4-6-8-19/h4-8,16,18,22H,2-3,9-15H2,1H3,(H,29,32)/t22-/m0/s1. The molecule has 1 N–H and O–H groups in total. The Morgan fingerprint density at radius 2 is 1.81 bits per heavy atom. The molecular formula is C26H30N5O5P. The molecule has 1 saturated carbocycles. The van der Waals surface area contributed by atoms with Crippen LogP contribution in [0.4, 0.5) is 4.79 Å². The topological polar surface area (TPSA) is 122 Å². The second-order valence-electron chi connectivity index (χ2n) is 9.05. The molecule has 1 aromatic carbocycles. The summed E-state index contributed by atoms with van der Waals surface area (Å²) in [6.07, 6.45) is 3.34. The first-order chi connectivity index (χ1) is 18.0. The van der Waals surface area contributed by atoms with E-state index in [9.17, 15) is 18.9 Å². The zero-order chi connectivity index (χ0) is 26.2. The van der Waals surface area contributed by atoms with E-state index in [1.54, 1.807) is 11.0 Å². The molecule has 0 spiro atoms. The average molecular weight is 524 g/mol. The molecule has 37 heavy (non-hydrogen) atoms. The number of nitrogens with zero attached hydrogens (tertiary/aromatic N) is 4. The van der Waals surface area contributed by atoms with E-state index >= 15 is 0 Å². The fraction of sp³-hybridized carbons (Fsp3) is 0.462. The molecule has 2 heterocycles. The summed E-state index contributed by atoms with van der Waals surface area (Å²) in [4.78, 5) is 50.7. The van der Waals surface area contributed by atoms with Crippen molar-refractivity contribution in [2.45, 2.75) is 44.6 Å². The zero-order valence-electron chi connectivity index (χ0n) is 20.8. The van der Waals surface area contributed by atoms with Gasteiger partial charge in [-0.25, -0.2) is 0 Å². The van der Waals surface area contributed by atoms with Crippen LogP contribution in [0.1, 0.15) is 54.7 Å². The summed E-state index contributed by atoms with van der Waals surface area (Å²) in [6.45, 7) is 3.54. The molecule has 10 nitrogen and oxygen atoms in total. The van der Waals surface area contributed by atoms with Gasteiger partial charge in [0, 0.05) is 0 Å². The predicted molar refractivity (Wildman–Crippen MR) is 137 cm³/mol. The normalized spacial score (nSPS) is 15.9. The van der Waals surface area contributed by atoms with E-state index in [-0.39, 0.29) is 24.7 Å². The summed E-state index contributed by atoms with van der Waals surface area (Å²) in [5.74, 6) is -0.294. The van der Waals surface area contributed by atoms with Gasteiger partial charge in [-0.2, -0.15) is 0 Å². The maximum absolute atomic E-state index is 13.2. The van der Waals surface area contributed by atoms with Crippen LogP contribution in [0.2, 0.25) is 0 Å². The summed E-state index contributed by atoms with van der Waals surface area (Å²) >= 11 is 0. The third-order valence-corrected chi connectivity index (χ3v) is 6.65. The van der Waals surface area contributed by atoms with Crippen LogP contribution >= 0.6 is 7.92 Å². The van der Waals surface area contributed by atoms with Crippen molar-refractivity contribution in [2.75, 3.05) is 32.8 Å². The van der Waals surface area contributed by atoms with Crippen molar-refractivity contribution in [3.05, 3.63) is 47.8 Å². The molecule has 1 aromatic heterocycles. The van der Waals surface area contributed by atoms with Gasteiger partial charge in [0.1, 0.15) is 0 Å². The molecule has 2 fully saturated rings. The van der Waals surface area contributed by atoms with E-state index in [0.29, 0.717) is 25.5 Å². The van der Waals surface area contributed by atoms with Crippen molar-refractivity contribution >= 4 is 25.8 Å². The Hall–Kier alpha value is -3.48. The summed E-state index contributed by atoms with van der Waals surface area (Å²) < 4.78 is 16.6. The maximum atomic E-state index is 13.2. The number of carbonyl (C=O) groups is 3. The van der Waals surface area contributed by atoms with Crippen LogP contribution in [0, 0.1) is 5.63 Å². The molecule has 194 valence electrons. The van der Waals surface area contributed by atoms with Crippen molar-refractivity contribution in [1.82, 2.24) is 25.1 Å². The van der Waals surface area contributed by atoms with Crippen molar-refractivity contribution in [2.24, 2.45) is 0 Å². The Bertz CT molecular complexity index is 1240. The molecule has 11 heteroatoms. The number of piperazine rings is 1. The minimum absolute atomic E-state index is 0.137. The Morgan fingerprint density at radius 1 is 1.11 bits per heavy atom. The predicted octanol–water partition coefficient (Wildman–Crippen LogP) is 3.45. The first-order valence-corrected chi connectivity index (χ1v) is 13.3. The molecule has 0 radical (unpaired) electrons. The van der Waals surface area contributed by atoms with E-state index in [1.807, 2.05) is 37.3 Å². The number of amides is 3. The van der Waals surface area contributed by atoms with E-state index in [2.05, 4.69) is 20.9 Å². The molecule has 2 aliphatic rings. The van der Waals surface area contributed by atoms with Crippen molar-refractivity contribution in [3.63, 3.8) is 0 Å². The minimum atomic E-state index is -1.23. The quantitative estimate of drug-likeness (QED) is 0.415. The number of hydrogen-bond acceptors (Lipinski definition) is 7. The second-order valence-corrected chi connectivity index (χ2v) is 9.49. The van der Waals surface area contributed by atoms with Crippen LogP contribution in [0.3, 0.4) is 0 Å². The van der Waals surface area contributed by atoms with E-state index in [4.69, 9.17) is 4.74 Å². The number of rotatable bonds is 8. The van der Waals surface area contributed by atoms with Crippen LogP contribution in [-0.2, 0) is 14.1 Å². The third kappa shape index (κ3) is 7.06. The second kappa shape index (κ2) is 12.7. The molecule has 1 atom stereocenters. The number of benzene rings is 1. The first-order valence-electron chi connectivity index (χ1n) is 12.5. The van der Waals surface area contributed by atoms with Crippen LogP contribution in [-0.4, -0.2) is 76.5 Å². The van der Waals surface area contributed by atoms with Gasteiger partial charge < -0.3 is 0 Å². The molecule has 3 amide bonds. The number of carbonyl (C=O) groups excluding carboxylic acids is 3. The van der Waals surface area contributed by atoms with Crippen molar-refractivity contribution in [3.8, 4) is 17.0 Å². The molecule has 4 rings (SSSR count). The van der Waals surface area contributed by atoms with E-state index in [0.717, 1.165) is 36.9 Å². The van der Waals surface area contributed by atoms with Gasteiger partial charge in [-0.3, -0.25) is 0 Å². The number of ether oxygens (including phenoxy) is 1. The van der Waals surface area contributed by atoms with Gasteiger partial charge >= 0.3 is 210 Å². The average Bonchev–Trinajstić information content (AvgIpc) is 3.79. The van der Waals surface area contributed by atoms with Gasteiger partial charge in [-0.05, 0) is 0 Å². The fourth-order valence-corrected chi connectivity index (χ4v) is 4.26. The van der Waals surface area contributed by atoms with Crippen LogP contribution in [0.25, 0.3) is 11.4 Å². The van der Waals surface area contributed by atoms with Gasteiger partial charge in [-0.1, -0.05) is 6.92 Å². The molecule has 0 unspecified atom stereocenters. The molecule has 1 aliphatic carbocycles. The molecule has 1 aliphatic heterocycles. The number of unbranched alkanes of at least 4 members (excludes halogenated alkanes) is 1.